The van der Waals surface area contributed by atoms with Gasteiger partial charge in [0, 0.05) is 24.7 Å². The van der Waals surface area contributed by atoms with Crippen LogP contribution < -0.4 is 11.1 Å². The van der Waals surface area contributed by atoms with Gasteiger partial charge in [-0.1, -0.05) is 23.2 Å². The zero-order chi connectivity index (χ0) is 14.7. The van der Waals surface area contributed by atoms with E-state index in [0.717, 1.165) is 13.1 Å². The van der Waals surface area contributed by atoms with Crippen molar-refractivity contribution in [2.45, 2.75) is 32.2 Å². The zero-order valence-corrected chi connectivity index (χ0v) is 13.0. The normalized spacial score (nSPS) is 19.2. The molecule has 1 aromatic carbocycles. The van der Waals surface area contributed by atoms with E-state index in [1.807, 2.05) is 0 Å². The number of nitrogens with two attached hydrogens (primary N) is 1. The van der Waals surface area contributed by atoms with Crippen LogP contribution in [0.1, 0.15) is 26.2 Å². The Kier molecular flexibility index (Phi) is 5.13. The third-order valence-corrected chi connectivity index (χ3v) is 4.24. The molecule has 20 heavy (non-hydrogen) atoms. The first-order valence-electron chi connectivity index (χ1n) is 6.76. The molecule has 1 aliphatic rings. The molecule has 0 bridgehead atoms. The molecule has 110 valence electrons. The summed E-state index contributed by atoms with van der Waals surface area (Å²) < 4.78 is 0. The Hall–Kier alpha value is -0.970. The van der Waals surface area contributed by atoms with Gasteiger partial charge < -0.3 is 16.0 Å². The number of nitrogens with one attached hydrogen (secondary N) is 1. The summed E-state index contributed by atoms with van der Waals surface area (Å²) in [5.41, 5.74) is 6.54. The molecule has 1 atom stereocenters. The van der Waals surface area contributed by atoms with Crippen molar-refractivity contribution in [1.29, 1.82) is 0 Å². The molecule has 1 amide bonds. The molecular formula is C14H19Cl2N3O. The summed E-state index contributed by atoms with van der Waals surface area (Å²) in [7, 11) is 0. The summed E-state index contributed by atoms with van der Waals surface area (Å²) in [5, 5.41) is 3.48. The molecule has 6 heteroatoms. The molecule has 1 unspecified atom stereocenters. The number of hydrogen-bond acceptors (Lipinski definition) is 3. The van der Waals surface area contributed by atoms with E-state index in [2.05, 4.69) is 17.1 Å². The Balaban J connectivity index is 1.91. The molecule has 2 rings (SSSR count). The number of benzene rings is 1. The highest BCUT2D eigenvalue weighted by atomic mass is 35.5. The van der Waals surface area contributed by atoms with E-state index in [9.17, 15) is 4.79 Å². The number of carbonyl (C=O) groups excluding carboxylic acids is 1. The van der Waals surface area contributed by atoms with Crippen molar-refractivity contribution in [3.63, 3.8) is 0 Å². The van der Waals surface area contributed by atoms with Crippen molar-refractivity contribution >= 4 is 40.5 Å². The van der Waals surface area contributed by atoms with E-state index in [1.54, 1.807) is 12.1 Å². The lowest BCUT2D eigenvalue weighted by Gasteiger charge is -2.20. The summed E-state index contributed by atoms with van der Waals surface area (Å²) in [6.45, 7) is 4.02. The van der Waals surface area contributed by atoms with Crippen molar-refractivity contribution in [3.05, 3.63) is 22.2 Å². The van der Waals surface area contributed by atoms with Gasteiger partial charge >= 0.3 is 0 Å². The summed E-state index contributed by atoms with van der Waals surface area (Å²) >= 11 is 12.1. The van der Waals surface area contributed by atoms with Gasteiger partial charge in [-0.05, 0) is 38.4 Å². The second kappa shape index (κ2) is 6.66. The number of likely N-dealkylation sites (tertiary alicyclic amines) is 1. The van der Waals surface area contributed by atoms with Crippen LogP contribution in [0.4, 0.5) is 11.4 Å². The van der Waals surface area contributed by atoms with Crippen molar-refractivity contribution in [1.82, 2.24) is 4.90 Å². The molecular weight excluding hydrogens is 297 g/mol. The molecule has 1 aromatic rings. The molecule has 1 aliphatic heterocycles. The maximum atomic E-state index is 12.0. The fourth-order valence-corrected chi connectivity index (χ4v) is 3.08. The fraction of sp³-hybridized carbons (Fsp3) is 0.500. The lowest BCUT2D eigenvalue weighted by Crippen LogP contribution is -2.30. The average molecular weight is 316 g/mol. The minimum absolute atomic E-state index is 0.0855. The number of carbonyl (C=O) groups is 1. The predicted octanol–water partition coefficient (Wildman–Crippen LogP) is 3.39. The Morgan fingerprint density at radius 2 is 2.10 bits per heavy atom. The Morgan fingerprint density at radius 1 is 1.45 bits per heavy atom. The summed E-state index contributed by atoms with van der Waals surface area (Å²) in [5.74, 6) is -0.0855. The van der Waals surface area contributed by atoms with Crippen LogP contribution in [0, 0.1) is 0 Å². The van der Waals surface area contributed by atoms with Crippen molar-refractivity contribution in [3.8, 4) is 0 Å². The van der Waals surface area contributed by atoms with Crippen LogP contribution >= 0.6 is 23.2 Å². The molecule has 1 saturated heterocycles. The van der Waals surface area contributed by atoms with Crippen LogP contribution in [-0.4, -0.2) is 29.9 Å². The van der Waals surface area contributed by atoms with E-state index in [1.165, 1.54) is 12.8 Å². The second-order valence-electron chi connectivity index (χ2n) is 5.18. The van der Waals surface area contributed by atoms with E-state index in [-0.39, 0.29) is 5.91 Å². The molecule has 0 spiro atoms. The van der Waals surface area contributed by atoms with Gasteiger partial charge in [0.15, 0.2) is 0 Å². The van der Waals surface area contributed by atoms with Crippen molar-refractivity contribution < 1.29 is 4.79 Å². The quantitative estimate of drug-likeness (QED) is 0.837. The number of nitrogens with zero attached hydrogens (tertiary/aromatic N) is 1. The molecule has 1 fully saturated rings. The molecule has 1 heterocycles. The third kappa shape index (κ3) is 3.78. The SMILES string of the molecule is CC1CCCN1CCC(=O)Nc1c(Cl)cc(N)cc1Cl. The monoisotopic (exact) mass is 315 g/mol. The van der Waals surface area contributed by atoms with E-state index in [0.29, 0.717) is 33.9 Å². The molecule has 0 aliphatic carbocycles. The second-order valence-corrected chi connectivity index (χ2v) is 6.00. The summed E-state index contributed by atoms with van der Waals surface area (Å²) in [6.07, 6.45) is 2.84. The molecule has 0 saturated carbocycles. The van der Waals surface area contributed by atoms with E-state index >= 15 is 0 Å². The smallest absolute Gasteiger partial charge is 0.225 e. The van der Waals surface area contributed by atoms with Gasteiger partial charge in [-0.25, -0.2) is 0 Å². The first-order chi connectivity index (χ1) is 9.47. The van der Waals surface area contributed by atoms with Crippen LogP contribution in [0.15, 0.2) is 12.1 Å². The van der Waals surface area contributed by atoms with Crippen LogP contribution in [0.25, 0.3) is 0 Å². The van der Waals surface area contributed by atoms with Crippen LogP contribution in [-0.2, 0) is 4.79 Å². The Labute approximate surface area is 129 Å². The van der Waals surface area contributed by atoms with Crippen LogP contribution in [0.5, 0.6) is 0 Å². The van der Waals surface area contributed by atoms with Gasteiger partial charge in [0.05, 0.1) is 15.7 Å². The highest BCUT2D eigenvalue weighted by molar-refractivity contribution is 6.40. The first kappa shape index (κ1) is 15.4. The number of rotatable bonds is 4. The zero-order valence-electron chi connectivity index (χ0n) is 11.5. The molecule has 0 radical (unpaired) electrons. The highest BCUT2D eigenvalue weighted by Gasteiger charge is 2.20. The summed E-state index contributed by atoms with van der Waals surface area (Å²) in [6, 6.07) is 3.71. The van der Waals surface area contributed by atoms with Gasteiger partial charge in [-0.3, -0.25) is 4.79 Å². The van der Waals surface area contributed by atoms with Gasteiger partial charge in [0.25, 0.3) is 0 Å². The van der Waals surface area contributed by atoms with Crippen molar-refractivity contribution in [2.24, 2.45) is 0 Å². The lowest BCUT2D eigenvalue weighted by atomic mass is 10.2. The number of hydrogen-bond donors (Lipinski definition) is 2. The van der Waals surface area contributed by atoms with E-state index < -0.39 is 0 Å². The minimum atomic E-state index is -0.0855. The number of amides is 1. The third-order valence-electron chi connectivity index (χ3n) is 3.65. The minimum Gasteiger partial charge on any atom is -0.399 e. The highest BCUT2D eigenvalue weighted by Crippen LogP contribution is 2.32. The van der Waals surface area contributed by atoms with Gasteiger partial charge in [-0.2, -0.15) is 0 Å². The van der Waals surface area contributed by atoms with Gasteiger partial charge in [-0.15, -0.1) is 0 Å². The Bertz CT molecular complexity index is 484. The number of halogens is 2. The maximum absolute atomic E-state index is 12.0. The topological polar surface area (TPSA) is 58.4 Å². The molecule has 4 nitrogen and oxygen atoms in total. The maximum Gasteiger partial charge on any atom is 0.225 e. The molecule has 3 N–H and O–H groups in total. The standard InChI is InChI=1S/C14H19Cl2N3O/c1-9-3-2-5-19(9)6-4-13(20)18-14-11(15)7-10(17)8-12(14)16/h7-9H,2-6,17H2,1H3,(H,18,20). The van der Waals surface area contributed by atoms with Crippen molar-refractivity contribution in [2.75, 3.05) is 24.1 Å². The summed E-state index contributed by atoms with van der Waals surface area (Å²) in [4.78, 5) is 14.3. The lowest BCUT2D eigenvalue weighted by molar-refractivity contribution is -0.116. The average Bonchev–Trinajstić information content (AvgIpc) is 2.77. The first-order valence-corrected chi connectivity index (χ1v) is 7.51. The van der Waals surface area contributed by atoms with Gasteiger partial charge in [0.1, 0.15) is 0 Å². The number of anilines is 2. The Morgan fingerprint density at radius 3 is 2.65 bits per heavy atom. The number of nitrogen functional groups attached to an aromatic ring is 1. The fourth-order valence-electron chi connectivity index (χ4n) is 2.48. The van der Waals surface area contributed by atoms with E-state index in [4.69, 9.17) is 28.9 Å². The predicted molar refractivity (Wildman–Crippen MR) is 84.4 cm³/mol. The molecule has 0 aromatic heterocycles. The van der Waals surface area contributed by atoms with Gasteiger partial charge in [0.2, 0.25) is 5.91 Å². The van der Waals surface area contributed by atoms with Crippen LogP contribution in [0.2, 0.25) is 10.0 Å². The largest absolute Gasteiger partial charge is 0.399 e. The van der Waals surface area contributed by atoms with Crippen LogP contribution in [0.3, 0.4) is 0 Å².